The van der Waals surface area contributed by atoms with Gasteiger partial charge in [-0.05, 0) is 30.4 Å². The van der Waals surface area contributed by atoms with Gasteiger partial charge in [-0.1, -0.05) is 12.1 Å². The second-order valence-electron chi connectivity index (χ2n) is 4.14. The van der Waals surface area contributed by atoms with Crippen LogP contribution in [0.2, 0.25) is 0 Å². The maximum absolute atomic E-state index is 13.4. The summed E-state index contributed by atoms with van der Waals surface area (Å²) in [4.78, 5) is 21.7. The Morgan fingerprint density at radius 1 is 1.10 bits per heavy atom. The van der Waals surface area contributed by atoms with Crippen LogP contribution in [0.5, 0.6) is 0 Å². The summed E-state index contributed by atoms with van der Waals surface area (Å²) >= 11 is 0. The summed E-state index contributed by atoms with van der Waals surface area (Å²) in [5.74, 6) is -2.50. The number of non-ortho nitro benzene ring substituents is 1. The molecule has 0 unspecified atom stereocenters. The standard InChI is InChI=1S/C15H9F2NO3/c16-13-3-1-2-11(15(13)17)6-9-14(19)10-4-7-12(8-5-10)18(20)21/h1-9H. The molecule has 0 aromatic heterocycles. The minimum absolute atomic E-state index is 0.0507. The first-order valence-corrected chi connectivity index (χ1v) is 5.90. The molecule has 0 amide bonds. The molecule has 0 aliphatic carbocycles. The van der Waals surface area contributed by atoms with Crippen LogP contribution in [0.15, 0.2) is 48.5 Å². The number of carbonyl (C=O) groups is 1. The summed E-state index contributed by atoms with van der Waals surface area (Å²) in [7, 11) is 0. The molecule has 4 nitrogen and oxygen atoms in total. The predicted octanol–water partition coefficient (Wildman–Crippen LogP) is 3.77. The van der Waals surface area contributed by atoms with Crippen LogP contribution in [-0.2, 0) is 0 Å². The summed E-state index contributed by atoms with van der Waals surface area (Å²) in [6.07, 6.45) is 2.24. The lowest BCUT2D eigenvalue weighted by Crippen LogP contribution is -1.95. The van der Waals surface area contributed by atoms with Gasteiger partial charge in [0.25, 0.3) is 5.69 Å². The Morgan fingerprint density at radius 3 is 2.38 bits per heavy atom. The molecule has 0 N–H and O–H groups in total. The molecule has 0 aliphatic rings. The van der Waals surface area contributed by atoms with Gasteiger partial charge in [0.1, 0.15) is 0 Å². The van der Waals surface area contributed by atoms with Crippen LogP contribution in [0.3, 0.4) is 0 Å². The zero-order valence-electron chi connectivity index (χ0n) is 10.6. The second-order valence-corrected chi connectivity index (χ2v) is 4.14. The molecule has 0 aliphatic heterocycles. The van der Waals surface area contributed by atoms with Crippen LogP contribution in [0.1, 0.15) is 15.9 Å². The fourth-order valence-electron chi connectivity index (χ4n) is 1.66. The molecule has 2 aromatic carbocycles. The van der Waals surface area contributed by atoms with Crippen molar-refractivity contribution >= 4 is 17.5 Å². The van der Waals surface area contributed by atoms with E-state index in [9.17, 15) is 23.7 Å². The van der Waals surface area contributed by atoms with E-state index >= 15 is 0 Å². The van der Waals surface area contributed by atoms with Gasteiger partial charge in [0.2, 0.25) is 0 Å². The number of hydrogen-bond acceptors (Lipinski definition) is 3. The Balaban J connectivity index is 2.19. The van der Waals surface area contributed by atoms with Crippen LogP contribution < -0.4 is 0 Å². The largest absolute Gasteiger partial charge is 0.289 e. The number of nitro groups is 1. The first-order valence-electron chi connectivity index (χ1n) is 5.90. The second kappa shape index (κ2) is 6.04. The Kier molecular flexibility index (Phi) is 4.18. The molecule has 0 spiro atoms. The minimum atomic E-state index is -1.04. The van der Waals surface area contributed by atoms with E-state index in [2.05, 4.69) is 0 Å². The van der Waals surface area contributed by atoms with Gasteiger partial charge < -0.3 is 0 Å². The number of ketones is 1. The SMILES string of the molecule is O=C(C=Cc1cccc(F)c1F)c1ccc([N+](=O)[O-])cc1. The zero-order valence-corrected chi connectivity index (χ0v) is 10.6. The molecule has 0 saturated heterocycles. The lowest BCUT2D eigenvalue weighted by atomic mass is 10.1. The van der Waals surface area contributed by atoms with Crippen molar-refractivity contribution in [3.8, 4) is 0 Å². The fourth-order valence-corrected chi connectivity index (χ4v) is 1.66. The van der Waals surface area contributed by atoms with E-state index in [4.69, 9.17) is 0 Å². The highest BCUT2D eigenvalue weighted by molar-refractivity contribution is 6.06. The topological polar surface area (TPSA) is 60.2 Å². The molecular formula is C15H9F2NO3. The van der Waals surface area contributed by atoms with E-state index in [0.29, 0.717) is 0 Å². The van der Waals surface area contributed by atoms with Gasteiger partial charge in [0.05, 0.1) is 4.92 Å². The van der Waals surface area contributed by atoms with Crippen LogP contribution in [0.4, 0.5) is 14.5 Å². The first-order chi connectivity index (χ1) is 9.99. The van der Waals surface area contributed by atoms with Crippen molar-refractivity contribution in [2.75, 3.05) is 0 Å². The zero-order chi connectivity index (χ0) is 15.4. The van der Waals surface area contributed by atoms with Crippen molar-refractivity contribution in [3.63, 3.8) is 0 Å². The van der Waals surface area contributed by atoms with Gasteiger partial charge in [-0.25, -0.2) is 8.78 Å². The molecule has 0 saturated carbocycles. The Hall–Kier alpha value is -2.89. The number of nitrogens with zero attached hydrogens (tertiary/aromatic N) is 1. The van der Waals surface area contributed by atoms with E-state index in [-0.39, 0.29) is 16.8 Å². The molecule has 106 valence electrons. The molecule has 0 bridgehead atoms. The normalized spacial score (nSPS) is 10.8. The summed E-state index contributed by atoms with van der Waals surface area (Å²) in [6.45, 7) is 0. The molecule has 21 heavy (non-hydrogen) atoms. The van der Waals surface area contributed by atoms with Crippen molar-refractivity contribution in [2.45, 2.75) is 0 Å². The van der Waals surface area contributed by atoms with Crippen LogP contribution >= 0.6 is 0 Å². The van der Waals surface area contributed by atoms with Crippen molar-refractivity contribution in [2.24, 2.45) is 0 Å². The predicted molar refractivity (Wildman–Crippen MR) is 72.8 cm³/mol. The Morgan fingerprint density at radius 2 is 1.76 bits per heavy atom. The molecule has 0 atom stereocenters. The molecule has 2 rings (SSSR count). The number of carbonyl (C=O) groups excluding carboxylic acids is 1. The third-order valence-electron chi connectivity index (χ3n) is 2.76. The molecule has 0 heterocycles. The van der Waals surface area contributed by atoms with Crippen molar-refractivity contribution in [1.29, 1.82) is 0 Å². The third kappa shape index (κ3) is 3.36. The number of hydrogen-bond donors (Lipinski definition) is 0. The Labute approximate surface area is 118 Å². The van der Waals surface area contributed by atoms with Gasteiger partial charge in [0, 0.05) is 23.3 Å². The van der Waals surface area contributed by atoms with E-state index < -0.39 is 22.3 Å². The number of halogens is 2. The fraction of sp³-hybridized carbons (Fsp3) is 0. The maximum atomic E-state index is 13.4. The van der Waals surface area contributed by atoms with Crippen molar-refractivity contribution in [1.82, 2.24) is 0 Å². The van der Waals surface area contributed by atoms with Gasteiger partial charge in [-0.3, -0.25) is 14.9 Å². The summed E-state index contributed by atoms with van der Waals surface area (Å²) in [5, 5.41) is 10.5. The van der Waals surface area contributed by atoms with E-state index in [0.717, 1.165) is 18.2 Å². The highest BCUT2D eigenvalue weighted by atomic mass is 19.2. The van der Waals surface area contributed by atoms with Gasteiger partial charge in [-0.2, -0.15) is 0 Å². The van der Waals surface area contributed by atoms with E-state index in [1.807, 2.05) is 0 Å². The van der Waals surface area contributed by atoms with Crippen LogP contribution in [-0.4, -0.2) is 10.7 Å². The minimum Gasteiger partial charge on any atom is -0.289 e. The number of nitro benzene ring substituents is 1. The quantitative estimate of drug-likeness (QED) is 0.372. The van der Waals surface area contributed by atoms with Gasteiger partial charge in [0.15, 0.2) is 17.4 Å². The number of rotatable bonds is 4. The average molecular weight is 289 g/mol. The van der Waals surface area contributed by atoms with Gasteiger partial charge in [-0.15, -0.1) is 0 Å². The molecule has 6 heteroatoms. The van der Waals surface area contributed by atoms with Crippen molar-refractivity contribution < 1.29 is 18.5 Å². The third-order valence-corrected chi connectivity index (χ3v) is 2.76. The average Bonchev–Trinajstić information content (AvgIpc) is 2.48. The molecule has 0 radical (unpaired) electrons. The lowest BCUT2D eigenvalue weighted by molar-refractivity contribution is -0.384. The highest BCUT2D eigenvalue weighted by Gasteiger charge is 2.08. The van der Waals surface area contributed by atoms with Crippen LogP contribution in [0, 0.1) is 21.7 Å². The van der Waals surface area contributed by atoms with Gasteiger partial charge >= 0.3 is 0 Å². The lowest BCUT2D eigenvalue weighted by Gasteiger charge is -1.98. The maximum Gasteiger partial charge on any atom is 0.269 e. The van der Waals surface area contributed by atoms with Crippen LogP contribution in [0.25, 0.3) is 6.08 Å². The Bertz CT molecular complexity index is 724. The smallest absolute Gasteiger partial charge is 0.269 e. The van der Waals surface area contributed by atoms with E-state index in [1.54, 1.807) is 0 Å². The molecule has 2 aromatic rings. The summed E-state index contributed by atoms with van der Waals surface area (Å²) in [5.41, 5.74) is 0.0330. The highest BCUT2D eigenvalue weighted by Crippen LogP contribution is 2.15. The van der Waals surface area contributed by atoms with E-state index in [1.165, 1.54) is 36.4 Å². The summed E-state index contributed by atoms with van der Waals surface area (Å²) < 4.78 is 26.4. The number of benzene rings is 2. The summed E-state index contributed by atoms with van der Waals surface area (Å²) in [6, 6.07) is 8.63. The number of allylic oxidation sites excluding steroid dienone is 1. The molecule has 0 fully saturated rings. The van der Waals surface area contributed by atoms with Crippen molar-refractivity contribution in [3.05, 3.63) is 81.4 Å². The monoisotopic (exact) mass is 289 g/mol. The molecular weight excluding hydrogens is 280 g/mol. The first kappa shape index (κ1) is 14.5.